The van der Waals surface area contributed by atoms with Crippen LogP contribution in [0.15, 0.2) is 164 Å². The summed E-state index contributed by atoms with van der Waals surface area (Å²) in [6, 6.07) is 44.0. The molecule has 85 heavy (non-hydrogen) atoms. The van der Waals surface area contributed by atoms with Crippen LogP contribution in [0.4, 0.5) is 4.79 Å². The zero-order valence-electron chi connectivity index (χ0n) is 51.4. The van der Waals surface area contributed by atoms with Crippen LogP contribution < -0.4 is 60.0 Å². The van der Waals surface area contributed by atoms with Crippen LogP contribution in [0.1, 0.15) is 50.0 Å². The van der Waals surface area contributed by atoms with Crippen molar-refractivity contribution in [2.75, 3.05) is 39.3 Å². The Labute approximate surface area is 505 Å². The number of carbonyl (C=O) groups excluding carboxylic acids is 5. The molecule has 0 saturated heterocycles. The number of benzene rings is 5. The fraction of sp³-hybridized carbons (Fsp3) is 0.367. The maximum Gasteiger partial charge on any atom is 0.408 e. The van der Waals surface area contributed by atoms with E-state index < -0.39 is 62.0 Å². The molecule has 22 nitrogen and oxygen atoms in total. The second-order valence-electron chi connectivity index (χ2n) is 20.0. The van der Waals surface area contributed by atoms with Gasteiger partial charge in [0.15, 0.2) is 0 Å². The molecule has 0 aliphatic rings. The first-order valence-corrected chi connectivity index (χ1v) is 27.7. The van der Waals surface area contributed by atoms with E-state index in [0.29, 0.717) is 51.9 Å². The molecule has 5 aromatic carbocycles. The highest BCUT2D eigenvalue weighted by molar-refractivity contribution is 6.46. The first-order valence-electron chi connectivity index (χ1n) is 28.9. The van der Waals surface area contributed by atoms with E-state index in [2.05, 4.69) is 41.7 Å². The number of alkyl carbamates (subject to hydrolysis) is 1. The van der Waals surface area contributed by atoms with Crippen LogP contribution in [-0.2, 0) is 65.5 Å². The Hall–Kier alpha value is -7.87. The average molecular weight is 1180 g/mol. The Morgan fingerprint density at radius 1 is 0.565 bits per heavy atom. The number of carboxylic acid groups (broad SMARTS) is 1. The van der Waals surface area contributed by atoms with Crippen molar-refractivity contribution >= 4 is 57.8 Å². The summed E-state index contributed by atoms with van der Waals surface area (Å²) in [7, 11) is -0.913. The number of carbonyl (C=O) groups is 6. The number of ether oxygens (including phenoxy) is 1. The summed E-state index contributed by atoms with van der Waals surface area (Å²) in [6.45, 7) is 11.6. The fourth-order valence-corrected chi connectivity index (χ4v) is 7.41. The summed E-state index contributed by atoms with van der Waals surface area (Å²) in [6.07, 6.45) is 2.41. The molecule has 0 aromatic heterocycles. The second-order valence-corrected chi connectivity index (χ2v) is 20.0. The number of amides is 5. The van der Waals surface area contributed by atoms with Crippen molar-refractivity contribution in [2.24, 2.45) is 22.9 Å². The van der Waals surface area contributed by atoms with E-state index in [0.717, 1.165) is 48.6 Å². The van der Waals surface area contributed by atoms with E-state index in [4.69, 9.17) is 35.5 Å². The van der Waals surface area contributed by atoms with Crippen molar-refractivity contribution in [3.05, 3.63) is 192 Å². The molecule has 0 fully saturated rings. The number of rotatable bonds is 29. The molecule has 25 heteroatoms. The van der Waals surface area contributed by atoms with Gasteiger partial charge >= 0.3 is 34.2 Å². The lowest BCUT2D eigenvalue weighted by molar-refractivity contribution is -0.139. The Morgan fingerprint density at radius 3 is 1.11 bits per heavy atom. The summed E-state index contributed by atoms with van der Waals surface area (Å²) < 4.78 is 21.7. The molecule has 0 heterocycles. The molecular formula is C60H89B3N11O11. The van der Waals surface area contributed by atoms with Gasteiger partial charge < -0.3 is 84.5 Å². The van der Waals surface area contributed by atoms with Crippen molar-refractivity contribution in [3.8, 4) is 0 Å². The second kappa shape index (κ2) is 44.6. The number of carboxylic acids is 1. The maximum atomic E-state index is 12.6. The molecule has 1 radical (unpaired) electrons. The van der Waals surface area contributed by atoms with E-state index in [1.807, 2.05) is 152 Å². The monoisotopic (exact) mass is 1180 g/mol. The van der Waals surface area contributed by atoms with Gasteiger partial charge in [-0.1, -0.05) is 158 Å². The normalized spacial score (nSPS) is 12.5. The third-order valence-corrected chi connectivity index (χ3v) is 11.3. The maximum absolute atomic E-state index is 12.6. The van der Waals surface area contributed by atoms with Gasteiger partial charge in [-0.15, -0.1) is 0 Å². The van der Waals surface area contributed by atoms with Gasteiger partial charge in [0.05, 0.1) is 31.8 Å². The van der Waals surface area contributed by atoms with Crippen LogP contribution in [0.3, 0.4) is 0 Å². The standard InChI is InChI=1S/C22H32B2N4O4.C20H26N4O2.C14H19NO4.C2H4BO.C2H8N2/c1-23(31)27-19(15-17-9-5-3-6-10-17)21(29)25-13-14-26-22(30)20(28-24(2)32)16-18-11-7-4-8-12-18;21-17(13-15-7-3-1-4-8-15)19(25)23-11-12-24-20(26)18(22)14-16-9-5-2-6-10-16;1-14(2,3)19-13(18)15-11(12(16)17)9-10-7-5-4-6-8-10;1-2-4-3;3-1-2-4/h3-12,19-20,27-28,31-32H,13-16H2,1-2H3,(H,25,29)(H,26,30);1-10,17-18H,11-14,21-22H2,(H,23,25)(H,24,26);4-8,11H,9H2,1-3H3,(H,15,18)(H,16,17);2-3H,1H2;1-4H2/t19-,20-;17-,18-;11-;;/m110../s1/i;;;1D,3T;. The molecule has 5 aromatic rings. The molecule has 0 saturated carbocycles. The molecule has 0 aliphatic carbocycles. The van der Waals surface area contributed by atoms with E-state index in [1.165, 1.54) is 0 Å². The Morgan fingerprint density at radius 2 is 0.859 bits per heavy atom. The summed E-state index contributed by atoms with van der Waals surface area (Å²) in [4.78, 5) is 71.9. The summed E-state index contributed by atoms with van der Waals surface area (Å²) in [5, 5.41) is 47.6. The Kier molecular flexibility index (Phi) is 37.5. The predicted molar refractivity (Wildman–Crippen MR) is 338 cm³/mol. The van der Waals surface area contributed by atoms with Crippen molar-refractivity contribution < 1.29 is 54.7 Å². The molecular weight excluding hydrogens is 1080 g/mol. The minimum atomic E-state index is -1.09. The molecule has 5 amide bonds. The highest BCUT2D eigenvalue weighted by atomic mass is 16.6. The smallest absolute Gasteiger partial charge is 0.408 e. The highest BCUT2D eigenvalue weighted by Gasteiger charge is 2.26. The molecule has 5 atom stereocenters. The quantitative estimate of drug-likeness (QED) is 0.0182. The highest BCUT2D eigenvalue weighted by Crippen LogP contribution is 2.10. The summed E-state index contributed by atoms with van der Waals surface area (Å²) in [5.41, 5.74) is 25.8. The lowest BCUT2D eigenvalue weighted by atomic mass is 9.86. The van der Waals surface area contributed by atoms with Gasteiger partial charge in [-0.05, 0) is 87.9 Å². The molecule has 18 N–H and O–H groups in total. The average Bonchev–Trinajstić information content (AvgIpc) is 3.71. The van der Waals surface area contributed by atoms with Gasteiger partial charge in [-0.25, -0.2) is 9.59 Å². The van der Waals surface area contributed by atoms with E-state index in [9.17, 15) is 38.8 Å². The molecule has 0 bridgehead atoms. The van der Waals surface area contributed by atoms with Crippen molar-refractivity contribution in [1.29, 1.82) is 1.34 Å². The van der Waals surface area contributed by atoms with E-state index >= 15 is 0 Å². The first kappa shape index (κ1) is 71.4. The van der Waals surface area contributed by atoms with Crippen LogP contribution in [0.2, 0.25) is 13.6 Å². The van der Waals surface area contributed by atoms with Gasteiger partial charge in [0, 0.05) is 47.0 Å². The lowest BCUT2D eigenvalue weighted by Crippen LogP contribution is -2.53. The molecule has 459 valence electrons. The zero-order valence-corrected chi connectivity index (χ0v) is 49.4. The van der Waals surface area contributed by atoms with Gasteiger partial charge in [-0.3, -0.25) is 19.2 Å². The molecule has 5 rings (SSSR count). The Bertz CT molecular complexity index is 2550. The topological polar surface area (TPSA) is 370 Å². The van der Waals surface area contributed by atoms with Crippen LogP contribution in [0, 0.1) is 0 Å². The third kappa shape index (κ3) is 37.9. The van der Waals surface area contributed by atoms with Gasteiger partial charge in [0.1, 0.15) is 11.6 Å². The van der Waals surface area contributed by atoms with E-state index in [-0.39, 0.29) is 43.1 Å². The van der Waals surface area contributed by atoms with Gasteiger partial charge in [0.2, 0.25) is 23.6 Å². The van der Waals surface area contributed by atoms with E-state index in [1.54, 1.807) is 34.4 Å². The molecule has 0 unspecified atom stereocenters. The van der Waals surface area contributed by atoms with Crippen LogP contribution in [0.5, 0.6) is 0 Å². The first-order chi connectivity index (χ1) is 41.5. The largest absolute Gasteiger partial charge is 0.572 e. The van der Waals surface area contributed by atoms with Crippen LogP contribution in [0.25, 0.3) is 0 Å². The van der Waals surface area contributed by atoms with Gasteiger partial charge in [-0.2, -0.15) is 0 Å². The Balaban J connectivity index is 0.000000618. The van der Waals surface area contributed by atoms with Crippen molar-refractivity contribution in [2.45, 2.75) is 102 Å². The van der Waals surface area contributed by atoms with Crippen LogP contribution in [-0.4, -0.2) is 149 Å². The number of hydrogen-bond acceptors (Lipinski definition) is 16. The van der Waals surface area contributed by atoms with Crippen molar-refractivity contribution in [3.63, 3.8) is 0 Å². The fourth-order valence-electron chi connectivity index (χ4n) is 7.41. The molecule has 0 spiro atoms. The summed E-state index contributed by atoms with van der Waals surface area (Å²) >= 11 is 0. The van der Waals surface area contributed by atoms with Gasteiger partial charge in [0.25, 0.3) is 0 Å². The SMILES string of the molecule is CB(O)N[C@H](Cc1ccccc1)C(=O)NCCNC(=O)[C@@H](Cc1ccccc1)NB(C)O.CC(C)(C)OC(=O)N[C@@H](Cc1ccccc1)C(=O)O.NCCN.N[C@H](Cc1ccccc1)C(=O)NCCNC(=O)[C@H](N)Cc1ccccc1.[2H]C=CO[B][3H]. The minimum Gasteiger partial charge on any atom is -0.572 e. The predicted octanol–water partition coefficient (Wildman–Crippen LogP) is 1.27. The number of nitrogens with one attached hydrogen (secondary N) is 7. The van der Waals surface area contributed by atoms with Crippen LogP contribution >= 0.6 is 0 Å². The minimum absolute atomic E-state index is 0.218. The third-order valence-electron chi connectivity index (χ3n) is 11.3. The zero-order chi connectivity index (χ0) is 64.8. The number of hydrogen-bond donors (Lipinski definition) is 14. The number of aliphatic carboxylic acids is 1. The van der Waals surface area contributed by atoms with Crippen molar-refractivity contribution in [1.82, 2.24) is 37.0 Å². The lowest BCUT2D eigenvalue weighted by Gasteiger charge is -2.22. The molecule has 0 aliphatic heterocycles. The number of nitrogens with two attached hydrogens (primary N) is 4. The summed E-state index contributed by atoms with van der Waals surface area (Å²) in [5.74, 6) is -2.08.